The van der Waals surface area contributed by atoms with Crippen molar-refractivity contribution < 1.29 is 4.74 Å². The van der Waals surface area contributed by atoms with E-state index >= 15 is 0 Å². The summed E-state index contributed by atoms with van der Waals surface area (Å²) in [7, 11) is 0. The number of ether oxygens (including phenoxy) is 1. The highest BCUT2D eigenvalue weighted by Gasteiger charge is 2.09. The molecule has 1 nitrogen and oxygen atoms in total. The SMILES string of the molecule is CCCCCCCCCCCCCCCCCCC(CCCCCCCCC)OCCCCCCCCCC. The normalized spacial score (nSPS) is 12.4. The summed E-state index contributed by atoms with van der Waals surface area (Å²) in [4.78, 5) is 0. The van der Waals surface area contributed by atoms with E-state index in [0.717, 1.165) is 6.61 Å². The van der Waals surface area contributed by atoms with Crippen molar-refractivity contribution in [1.29, 1.82) is 0 Å². The molecular weight excluding hydrogens is 472 g/mol. The highest BCUT2D eigenvalue weighted by atomic mass is 16.5. The Morgan fingerprint density at radius 2 is 0.513 bits per heavy atom. The molecule has 0 aliphatic rings. The summed E-state index contributed by atoms with van der Waals surface area (Å²) in [6, 6.07) is 0. The summed E-state index contributed by atoms with van der Waals surface area (Å²) in [6.45, 7) is 7.94. The maximum absolute atomic E-state index is 6.46. The minimum Gasteiger partial charge on any atom is -0.378 e. The van der Waals surface area contributed by atoms with Crippen molar-refractivity contribution in [1.82, 2.24) is 0 Å². The molecule has 1 unspecified atom stereocenters. The fourth-order valence-corrected chi connectivity index (χ4v) is 6.05. The monoisotopic (exact) mass is 551 g/mol. The quantitative estimate of drug-likeness (QED) is 0.0713. The summed E-state index contributed by atoms with van der Waals surface area (Å²) < 4.78 is 6.46. The van der Waals surface area contributed by atoms with Crippen LogP contribution in [0.3, 0.4) is 0 Å². The van der Waals surface area contributed by atoms with Crippen molar-refractivity contribution in [2.45, 2.75) is 239 Å². The van der Waals surface area contributed by atoms with Gasteiger partial charge in [-0.15, -0.1) is 0 Å². The zero-order valence-corrected chi connectivity index (χ0v) is 28.0. The molecule has 39 heavy (non-hydrogen) atoms. The zero-order valence-electron chi connectivity index (χ0n) is 28.0. The fraction of sp³-hybridized carbons (Fsp3) is 1.00. The zero-order chi connectivity index (χ0) is 28.3. The number of unbranched alkanes of at least 4 members (excludes halogenated alkanes) is 28. The van der Waals surface area contributed by atoms with E-state index in [1.54, 1.807) is 0 Å². The van der Waals surface area contributed by atoms with Gasteiger partial charge in [-0.05, 0) is 19.3 Å². The molecule has 0 aromatic rings. The molecule has 1 atom stereocenters. The Bertz CT molecular complexity index is 406. The van der Waals surface area contributed by atoms with Crippen molar-refractivity contribution in [2.75, 3.05) is 6.61 Å². The van der Waals surface area contributed by atoms with Crippen molar-refractivity contribution in [3.05, 3.63) is 0 Å². The molecule has 0 N–H and O–H groups in total. The third kappa shape index (κ3) is 34.1. The Morgan fingerprint density at radius 1 is 0.282 bits per heavy atom. The predicted molar refractivity (Wildman–Crippen MR) is 179 cm³/mol. The smallest absolute Gasteiger partial charge is 0.0575 e. The van der Waals surface area contributed by atoms with Gasteiger partial charge in [0.05, 0.1) is 6.10 Å². The second kappa shape index (κ2) is 36.0. The van der Waals surface area contributed by atoms with E-state index < -0.39 is 0 Å². The van der Waals surface area contributed by atoms with Gasteiger partial charge in [0, 0.05) is 6.61 Å². The minimum atomic E-state index is 0.539. The predicted octanol–water partition coefficient (Wildman–Crippen LogP) is 14.3. The fourth-order valence-electron chi connectivity index (χ4n) is 6.05. The summed E-state index contributed by atoms with van der Waals surface area (Å²) in [5.41, 5.74) is 0. The Labute approximate surface area is 249 Å². The maximum atomic E-state index is 6.46. The molecule has 0 aromatic carbocycles. The van der Waals surface area contributed by atoms with Gasteiger partial charge >= 0.3 is 0 Å². The van der Waals surface area contributed by atoms with Crippen LogP contribution in [-0.4, -0.2) is 12.7 Å². The molecule has 0 saturated carbocycles. The summed E-state index contributed by atoms with van der Waals surface area (Å²) >= 11 is 0. The largest absolute Gasteiger partial charge is 0.378 e. The van der Waals surface area contributed by atoms with Crippen LogP contribution in [0.25, 0.3) is 0 Å². The molecule has 0 spiro atoms. The Hall–Kier alpha value is -0.0400. The van der Waals surface area contributed by atoms with Crippen LogP contribution in [0.15, 0.2) is 0 Å². The van der Waals surface area contributed by atoms with Crippen molar-refractivity contribution in [2.24, 2.45) is 0 Å². The lowest BCUT2D eigenvalue weighted by atomic mass is 10.0. The molecule has 0 amide bonds. The molecule has 0 fully saturated rings. The van der Waals surface area contributed by atoms with Crippen LogP contribution < -0.4 is 0 Å². The second-order valence-electron chi connectivity index (χ2n) is 13.0. The average molecular weight is 551 g/mol. The molecule has 1 heteroatoms. The molecule has 0 radical (unpaired) electrons. The summed E-state index contributed by atoms with van der Waals surface area (Å²) in [5, 5.41) is 0. The number of hydrogen-bond donors (Lipinski definition) is 0. The average Bonchev–Trinajstić information content (AvgIpc) is 2.95. The Balaban J connectivity index is 3.74. The molecule has 0 saturated heterocycles. The van der Waals surface area contributed by atoms with Gasteiger partial charge in [0.15, 0.2) is 0 Å². The lowest BCUT2D eigenvalue weighted by molar-refractivity contribution is 0.0357. The van der Waals surface area contributed by atoms with E-state index in [2.05, 4.69) is 20.8 Å². The van der Waals surface area contributed by atoms with E-state index in [0.29, 0.717) is 6.10 Å². The van der Waals surface area contributed by atoms with E-state index in [4.69, 9.17) is 4.74 Å². The number of rotatable bonds is 35. The van der Waals surface area contributed by atoms with E-state index in [1.165, 1.54) is 212 Å². The van der Waals surface area contributed by atoms with Crippen LogP contribution in [0.1, 0.15) is 233 Å². The van der Waals surface area contributed by atoms with Crippen LogP contribution in [-0.2, 0) is 4.74 Å². The molecule has 0 bridgehead atoms. The topological polar surface area (TPSA) is 9.23 Å². The highest BCUT2D eigenvalue weighted by molar-refractivity contribution is 4.61. The lowest BCUT2D eigenvalue weighted by Gasteiger charge is -2.18. The summed E-state index contributed by atoms with van der Waals surface area (Å²) in [5.74, 6) is 0. The molecule has 0 aliphatic carbocycles. The molecular formula is C38H78O. The third-order valence-electron chi connectivity index (χ3n) is 8.86. The molecule has 0 rings (SSSR count). The Kier molecular flexibility index (Phi) is 35.9. The molecule has 0 aliphatic heterocycles. The second-order valence-corrected chi connectivity index (χ2v) is 13.0. The lowest BCUT2D eigenvalue weighted by Crippen LogP contribution is -2.14. The summed E-state index contributed by atoms with van der Waals surface area (Å²) in [6.07, 6.45) is 47.4. The van der Waals surface area contributed by atoms with Crippen LogP contribution >= 0.6 is 0 Å². The van der Waals surface area contributed by atoms with Gasteiger partial charge in [-0.3, -0.25) is 0 Å². The van der Waals surface area contributed by atoms with Crippen LogP contribution in [0, 0.1) is 0 Å². The maximum Gasteiger partial charge on any atom is 0.0575 e. The van der Waals surface area contributed by atoms with Gasteiger partial charge < -0.3 is 4.74 Å². The van der Waals surface area contributed by atoms with Gasteiger partial charge in [0.2, 0.25) is 0 Å². The van der Waals surface area contributed by atoms with E-state index in [9.17, 15) is 0 Å². The first-order valence-electron chi connectivity index (χ1n) is 19.0. The van der Waals surface area contributed by atoms with Crippen LogP contribution in [0.2, 0.25) is 0 Å². The van der Waals surface area contributed by atoms with Crippen LogP contribution in [0.5, 0.6) is 0 Å². The van der Waals surface area contributed by atoms with Gasteiger partial charge in [0.1, 0.15) is 0 Å². The molecule has 0 heterocycles. The van der Waals surface area contributed by atoms with Crippen molar-refractivity contribution in [3.63, 3.8) is 0 Å². The van der Waals surface area contributed by atoms with Crippen molar-refractivity contribution >= 4 is 0 Å². The highest BCUT2D eigenvalue weighted by Crippen LogP contribution is 2.19. The van der Waals surface area contributed by atoms with Gasteiger partial charge in [-0.2, -0.15) is 0 Å². The Morgan fingerprint density at radius 3 is 0.795 bits per heavy atom. The van der Waals surface area contributed by atoms with E-state index in [-0.39, 0.29) is 0 Å². The molecule has 0 aromatic heterocycles. The van der Waals surface area contributed by atoms with Gasteiger partial charge in [-0.1, -0.05) is 213 Å². The first kappa shape index (κ1) is 39.0. The first-order chi connectivity index (χ1) is 19.3. The third-order valence-corrected chi connectivity index (χ3v) is 8.86. The van der Waals surface area contributed by atoms with Gasteiger partial charge in [-0.25, -0.2) is 0 Å². The molecule has 236 valence electrons. The number of hydrogen-bond acceptors (Lipinski definition) is 1. The van der Waals surface area contributed by atoms with Crippen molar-refractivity contribution in [3.8, 4) is 0 Å². The minimum absolute atomic E-state index is 0.539. The van der Waals surface area contributed by atoms with Crippen LogP contribution in [0.4, 0.5) is 0 Å². The van der Waals surface area contributed by atoms with Gasteiger partial charge in [0.25, 0.3) is 0 Å². The standard InChI is InChI=1S/C38H78O/c1-4-7-10-13-16-18-19-20-21-22-23-24-25-27-30-33-36-38(35-32-29-26-15-12-9-6-3)39-37-34-31-28-17-14-11-8-5-2/h38H,4-37H2,1-3H3. The first-order valence-corrected chi connectivity index (χ1v) is 19.0. The van der Waals surface area contributed by atoms with E-state index in [1.807, 2.05) is 0 Å².